The second-order valence-electron chi connectivity index (χ2n) is 7.91. The molecule has 0 aliphatic heterocycles. The summed E-state index contributed by atoms with van der Waals surface area (Å²) in [6.07, 6.45) is 2.46. The van der Waals surface area contributed by atoms with Gasteiger partial charge in [0.1, 0.15) is 17.6 Å². The highest BCUT2D eigenvalue weighted by Crippen LogP contribution is 2.35. The van der Waals surface area contributed by atoms with Crippen LogP contribution in [-0.4, -0.2) is 27.1 Å². The predicted molar refractivity (Wildman–Crippen MR) is 99.8 cm³/mol. The van der Waals surface area contributed by atoms with Crippen molar-refractivity contribution in [2.45, 2.75) is 46.6 Å². The topological polar surface area (TPSA) is 78.3 Å². The highest BCUT2D eigenvalue weighted by molar-refractivity contribution is 6.14. The summed E-state index contributed by atoms with van der Waals surface area (Å²) in [6, 6.07) is 7.65. The maximum atomic E-state index is 12.3. The Kier molecular flexibility index (Phi) is 4.50. The van der Waals surface area contributed by atoms with E-state index in [1.807, 2.05) is 38.1 Å². The molecule has 2 N–H and O–H groups in total. The van der Waals surface area contributed by atoms with Gasteiger partial charge in [-0.15, -0.1) is 0 Å². The lowest BCUT2D eigenvalue weighted by Crippen LogP contribution is -2.26. The van der Waals surface area contributed by atoms with Crippen molar-refractivity contribution in [3.63, 3.8) is 0 Å². The van der Waals surface area contributed by atoms with Crippen molar-refractivity contribution < 1.29 is 9.90 Å². The summed E-state index contributed by atoms with van der Waals surface area (Å²) in [7, 11) is 0. The third-order valence-corrected chi connectivity index (χ3v) is 4.58. The lowest BCUT2D eigenvalue weighted by atomic mass is 9.77. The number of aliphatic hydroxyl groups is 1. The Labute approximate surface area is 147 Å². The number of carbonyl (C=O) groups excluding carboxylic acids is 1. The summed E-state index contributed by atoms with van der Waals surface area (Å²) in [6.45, 7) is 8.10. The van der Waals surface area contributed by atoms with Gasteiger partial charge in [-0.25, -0.2) is 4.98 Å². The van der Waals surface area contributed by atoms with E-state index in [2.05, 4.69) is 28.8 Å². The monoisotopic (exact) mass is 339 g/mol. The second-order valence-corrected chi connectivity index (χ2v) is 7.91. The van der Waals surface area contributed by atoms with Crippen LogP contribution in [0.1, 0.15) is 52.4 Å². The number of aliphatic imine (C=N–C) groups is 1. The fourth-order valence-corrected chi connectivity index (χ4v) is 3.27. The normalized spacial score (nSPS) is 19.3. The highest BCUT2D eigenvalue weighted by Gasteiger charge is 2.32. The molecule has 0 spiro atoms. The number of hydrogen-bond donors (Lipinski definition) is 2. The number of para-hydroxylation sites is 2. The Bertz CT molecular complexity index is 826. The van der Waals surface area contributed by atoms with Crippen LogP contribution in [0.3, 0.4) is 0 Å². The van der Waals surface area contributed by atoms with Crippen molar-refractivity contribution in [2.24, 2.45) is 16.3 Å². The Balaban J connectivity index is 1.92. The van der Waals surface area contributed by atoms with Gasteiger partial charge in [0, 0.05) is 19.1 Å². The van der Waals surface area contributed by atoms with Gasteiger partial charge in [-0.1, -0.05) is 39.8 Å². The fourth-order valence-electron chi connectivity index (χ4n) is 3.27. The molecule has 5 nitrogen and oxygen atoms in total. The van der Waals surface area contributed by atoms with Gasteiger partial charge in [0.25, 0.3) is 0 Å². The third kappa shape index (κ3) is 3.65. The molecule has 1 aromatic heterocycles. The summed E-state index contributed by atoms with van der Waals surface area (Å²) < 4.78 is 0. The number of nitrogens with one attached hydrogen (secondary N) is 1. The number of imidazole rings is 1. The van der Waals surface area contributed by atoms with Crippen molar-refractivity contribution >= 4 is 23.0 Å². The molecule has 132 valence electrons. The molecule has 1 heterocycles. The molecule has 0 radical (unpaired) electrons. The van der Waals surface area contributed by atoms with E-state index in [0.29, 0.717) is 18.4 Å². The van der Waals surface area contributed by atoms with Crippen molar-refractivity contribution in [3.05, 3.63) is 41.4 Å². The molecule has 25 heavy (non-hydrogen) atoms. The van der Waals surface area contributed by atoms with Crippen LogP contribution in [0.25, 0.3) is 11.0 Å². The number of ketones is 1. The fraction of sp³-hybridized carbons (Fsp3) is 0.450. The largest absolute Gasteiger partial charge is 0.511 e. The number of rotatable bonds is 4. The number of aliphatic hydroxyl groups excluding tert-OH is 1. The van der Waals surface area contributed by atoms with Gasteiger partial charge < -0.3 is 10.1 Å². The van der Waals surface area contributed by atoms with Gasteiger partial charge in [0.2, 0.25) is 0 Å². The maximum Gasteiger partial charge on any atom is 0.168 e. The molecule has 0 saturated heterocycles. The van der Waals surface area contributed by atoms with Crippen molar-refractivity contribution in [1.82, 2.24) is 9.97 Å². The average molecular weight is 339 g/mol. The lowest BCUT2D eigenvalue weighted by molar-refractivity contribution is -0.117. The van der Waals surface area contributed by atoms with E-state index in [-0.39, 0.29) is 28.9 Å². The van der Waals surface area contributed by atoms with E-state index < -0.39 is 0 Å². The number of aromatic nitrogens is 2. The minimum absolute atomic E-state index is 0.0513. The predicted octanol–water partition coefficient (Wildman–Crippen LogP) is 4.53. The Morgan fingerprint density at radius 1 is 1.28 bits per heavy atom. The standard InChI is InChI=1S/C20H25N3O2/c1-12(2)18(19-22-14-7-5-6-8-15(14)23-19)21-11-13-16(24)9-20(3,4)10-17(13)25/h5-8,11-12,18,24H,9-10H2,1-4H3,(H,22,23). The van der Waals surface area contributed by atoms with Crippen LogP contribution in [-0.2, 0) is 4.79 Å². The summed E-state index contributed by atoms with van der Waals surface area (Å²) in [5.74, 6) is 1.06. The maximum absolute atomic E-state index is 12.3. The number of aromatic amines is 1. The van der Waals surface area contributed by atoms with E-state index >= 15 is 0 Å². The minimum atomic E-state index is -0.200. The lowest BCUT2D eigenvalue weighted by Gasteiger charge is -2.28. The Morgan fingerprint density at radius 3 is 2.64 bits per heavy atom. The molecule has 0 saturated carbocycles. The first-order chi connectivity index (χ1) is 11.8. The molecule has 1 atom stereocenters. The third-order valence-electron chi connectivity index (χ3n) is 4.58. The smallest absolute Gasteiger partial charge is 0.168 e. The van der Waals surface area contributed by atoms with Crippen LogP contribution in [0, 0.1) is 11.3 Å². The molecule has 0 fully saturated rings. The van der Waals surface area contributed by atoms with Crippen LogP contribution in [0.5, 0.6) is 0 Å². The molecule has 3 rings (SSSR count). The molecular formula is C20H25N3O2. The molecular weight excluding hydrogens is 314 g/mol. The van der Waals surface area contributed by atoms with E-state index in [0.717, 1.165) is 16.9 Å². The summed E-state index contributed by atoms with van der Waals surface area (Å²) in [5, 5.41) is 10.3. The molecule has 2 aromatic rings. The Hall–Kier alpha value is -2.43. The number of fused-ring (bicyclic) bond motifs is 1. The minimum Gasteiger partial charge on any atom is -0.511 e. The molecule has 0 amide bonds. The second kappa shape index (κ2) is 6.47. The van der Waals surface area contributed by atoms with E-state index in [1.165, 1.54) is 6.21 Å². The quantitative estimate of drug-likeness (QED) is 0.803. The van der Waals surface area contributed by atoms with E-state index in [1.54, 1.807) is 0 Å². The van der Waals surface area contributed by atoms with E-state index in [4.69, 9.17) is 0 Å². The zero-order chi connectivity index (χ0) is 18.2. The van der Waals surface area contributed by atoms with Gasteiger partial charge in [-0.2, -0.15) is 0 Å². The summed E-state index contributed by atoms with van der Waals surface area (Å²) >= 11 is 0. The Morgan fingerprint density at radius 2 is 2.00 bits per heavy atom. The first-order valence-electron chi connectivity index (χ1n) is 8.70. The molecule has 1 unspecified atom stereocenters. The number of hydrogen-bond acceptors (Lipinski definition) is 4. The van der Waals surface area contributed by atoms with Crippen LogP contribution in [0.4, 0.5) is 0 Å². The zero-order valence-corrected chi connectivity index (χ0v) is 15.2. The SMILES string of the molecule is CC(C)C(N=CC1=C(O)CC(C)(C)CC1=O)c1nc2ccccc2[nH]1. The number of allylic oxidation sites excluding steroid dienone is 2. The summed E-state index contributed by atoms with van der Waals surface area (Å²) in [5.41, 5.74) is 2.00. The molecule has 1 aliphatic rings. The first-order valence-corrected chi connectivity index (χ1v) is 8.70. The first kappa shape index (κ1) is 17.4. The van der Waals surface area contributed by atoms with E-state index in [9.17, 15) is 9.90 Å². The number of benzene rings is 1. The molecule has 1 aliphatic carbocycles. The summed E-state index contributed by atoms with van der Waals surface area (Å²) in [4.78, 5) is 24.9. The van der Waals surface area contributed by atoms with Crippen molar-refractivity contribution in [2.75, 3.05) is 0 Å². The van der Waals surface area contributed by atoms with Gasteiger partial charge in [-0.05, 0) is 23.5 Å². The van der Waals surface area contributed by atoms with Crippen LogP contribution in [0.2, 0.25) is 0 Å². The molecule has 0 bridgehead atoms. The van der Waals surface area contributed by atoms with Crippen LogP contribution < -0.4 is 0 Å². The average Bonchev–Trinajstić information content (AvgIpc) is 2.91. The van der Waals surface area contributed by atoms with Crippen LogP contribution >= 0.6 is 0 Å². The van der Waals surface area contributed by atoms with Crippen molar-refractivity contribution in [3.8, 4) is 0 Å². The molecule has 1 aromatic carbocycles. The molecule has 5 heteroatoms. The number of nitrogens with zero attached hydrogens (tertiary/aromatic N) is 2. The van der Waals surface area contributed by atoms with Crippen molar-refractivity contribution in [1.29, 1.82) is 0 Å². The van der Waals surface area contributed by atoms with Crippen LogP contribution in [0.15, 0.2) is 40.6 Å². The van der Waals surface area contributed by atoms with Gasteiger partial charge in [0.05, 0.1) is 16.6 Å². The van der Waals surface area contributed by atoms with Gasteiger partial charge in [0.15, 0.2) is 5.78 Å². The van der Waals surface area contributed by atoms with Gasteiger partial charge in [-0.3, -0.25) is 9.79 Å². The number of Topliss-reactive ketones (excluding diaryl/α,β-unsaturated/α-hetero) is 1. The highest BCUT2D eigenvalue weighted by atomic mass is 16.3. The van der Waals surface area contributed by atoms with Gasteiger partial charge >= 0.3 is 0 Å². The number of H-pyrrole nitrogens is 1. The number of carbonyl (C=O) groups is 1. The zero-order valence-electron chi connectivity index (χ0n) is 15.2.